The van der Waals surface area contributed by atoms with E-state index >= 15 is 0 Å². The molecule has 0 saturated heterocycles. The zero-order chi connectivity index (χ0) is 15.6. The highest BCUT2D eigenvalue weighted by atomic mass is 16.5. The fourth-order valence-corrected chi connectivity index (χ4v) is 2.08. The summed E-state index contributed by atoms with van der Waals surface area (Å²) in [5, 5.41) is 4.21. The number of anilines is 1. The molecule has 2 heterocycles. The number of nitrogens with zero attached hydrogens (tertiary/aromatic N) is 4. The molecule has 0 unspecified atom stereocenters. The molecule has 0 amide bonds. The third kappa shape index (κ3) is 3.04. The highest BCUT2D eigenvalue weighted by Gasteiger charge is 2.16. The largest absolute Gasteiger partial charge is 0.461 e. The van der Waals surface area contributed by atoms with Gasteiger partial charge in [0.05, 0.1) is 12.3 Å². The zero-order valence-electron chi connectivity index (χ0n) is 13.0. The first-order valence-electron chi connectivity index (χ1n) is 6.79. The van der Waals surface area contributed by atoms with Gasteiger partial charge in [0, 0.05) is 32.9 Å². The van der Waals surface area contributed by atoms with Gasteiger partial charge in [-0.15, -0.1) is 0 Å². The average Bonchev–Trinajstić information content (AvgIpc) is 2.81. The van der Waals surface area contributed by atoms with Crippen LogP contribution in [0.4, 0.5) is 5.82 Å². The molecule has 0 fully saturated rings. The summed E-state index contributed by atoms with van der Waals surface area (Å²) in [5.41, 5.74) is 3.18. The number of pyridine rings is 1. The number of hydrogen-bond donors (Lipinski definition) is 0. The van der Waals surface area contributed by atoms with Gasteiger partial charge in [0.1, 0.15) is 5.82 Å². The van der Waals surface area contributed by atoms with Crippen LogP contribution in [0.25, 0.3) is 11.3 Å². The molecule has 0 spiro atoms. The van der Waals surface area contributed by atoms with E-state index in [0.29, 0.717) is 12.3 Å². The third-order valence-corrected chi connectivity index (χ3v) is 3.19. The molecule has 2 rings (SSSR count). The summed E-state index contributed by atoms with van der Waals surface area (Å²) < 4.78 is 6.65. The summed E-state index contributed by atoms with van der Waals surface area (Å²) in [6.45, 7) is 4.12. The minimum atomic E-state index is -0.408. The number of rotatable bonds is 4. The Morgan fingerprint density at radius 2 is 2.10 bits per heavy atom. The number of carbonyl (C=O) groups is 1. The number of hydrogen-bond acceptors (Lipinski definition) is 5. The standard InChI is InChI=1S/C15H20N4O2/c1-6-21-15(20)12-8-13(19(5)17-12)11-9-16-14(18(3)4)7-10(11)2/h7-9H,6H2,1-5H3. The molecule has 6 heteroatoms. The van der Waals surface area contributed by atoms with Crippen molar-refractivity contribution < 1.29 is 9.53 Å². The lowest BCUT2D eigenvalue weighted by Gasteiger charge is -2.13. The molecule has 0 atom stereocenters. The molecular weight excluding hydrogens is 268 g/mol. The number of carbonyl (C=O) groups excluding carboxylic acids is 1. The molecular formula is C15H20N4O2. The lowest BCUT2D eigenvalue weighted by molar-refractivity contribution is 0.0518. The second-order valence-electron chi connectivity index (χ2n) is 5.01. The van der Waals surface area contributed by atoms with E-state index in [4.69, 9.17) is 4.74 Å². The smallest absolute Gasteiger partial charge is 0.358 e. The minimum absolute atomic E-state index is 0.311. The molecule has 0 saturated carbocycles. The Kier molecular flexibility index (Phi) is 4.26. The second-order valence-corrected chi connectivity index (χ2v) is 5.01. The molecule has 0 bridgehead atoms. The maximum atomic E-state index is 11.7. The Morgan fingerprint density at radius 1 is 1.38 bits per heavy atom. The van der Waals surface area contributed by atoms with Crippen molar-refractivity contribution in [2.45, 2.75) is 13.8 Å². The van der Waals surface area contributed by atoms with Crippen LogP contribution in [0.3, 0.4) is 0 Å². The van der Waals surface area contributed by atoms with Crippen LogP contribution in [0.15, 0.2) is 18.3 Å². The second kappa shape index (κ2) is 5.95. The first kappa shape index (κ1) is 15.0. The van der Waals surface area contributed by atoms with Crippen molar-refractivity contribution in [3.8, 4) is 11.3 Å². The van der Waals surface area contributed by atoms with Gasteiger partial charge in [-0.3, -0.25) is 4.68 Å². The topological polar surface area (TPSA) is 60.2 Å². The Labute approximate surface area is 124 Å². The van der Waals surface area contributed by atoms with Crippen LogP contribution in [-0.4, -0.2) is 41.4 Å². The highest BCUT2D eigenvalue weighted by Crippen LogP contribution is 2.25. The number of aromatic nitrogens is 3. The summed E-state index contributed by atoms with van der Waals surface area (Å²) in [6.07, 6.45) is 1.80. The van der Waals surface area contributed by atoms with E-state index in [9.17, 15) is 4.79 Å². The van der Waals surface area contributed by atoms with Gasteiger partial charge >= 0.3 is 5.97 Å². The van der Waals surface area contributed by atoms with E-state index in [-0.39, 0.29) is 0 Å². The van der Waals surface area contributed by atoms with E-state index in [0.717, 1.165) is 22.6 Å². The van der Waals surface area contributed by atoms with Gasteiger partial charge < -0.3 is 9.64 Å². The van der Waals surface area contributed by atoms with Crippen molar-refractivity contribution in [2.24, 2.45) is 7.05 Å². The quantitative estimate of drug-likeness (QED) is 0.806. The van der Waals surface area contributed by atoms with Crippen molar-refractivity contribution in [3.63, 3.8) is 0 Å². The fourth-order valence-electron chi connectivity index (χ4n) is 2.08. The van der Waals surface area contributed by atoms with Gasteiger partial charge in [-0.25, -0.2) is 9.78 Å². The van der Waals surface area contributed by atoms with Crippen LogP contribution in [-0.2, 0) is 11.8 Å². The summed E-state index contributed by atoms with van der Waals surface area (Å²) >= 11 is 0. The number of esters is 1. The van der Waals surface area contributed by atoms with Gasteiger partial charge in [0.15, 0.2) is 5.69 Å². The van der Waals surface area contributed by atoms with Crippen LogP contribution < -0.4 is 4.90 Å². The summed E-state index contributed by atoms with van der Waals surface area (Å²) in [5.74, 6) is 0.485. The van der Waals surface area contributed by atoms with E-state index in [1.54, 1.807) is 30.9 Å². The van der Waals surface area contributed by atoms with Crippen LogP contribution in [0, 0.1) is 6.92 Å². The highest BCUT2D eigenvalue weighted by molar-refractivity contribution is 5.88. The van der Waals surface area contributed by atoms with Gasteiger partial charge in [0.25, 0.3) is 0 Å². The summed E-state index contributed by atoms with van der Waals surface area (Å²) in [6, 6.07) is 3.74. The maximum absolute atomic E-state index is 11.7. The van der Waals surface area contributed by atoms with Gasteiger partial charge in [-0.05, 0) is 31.5 Å². The molecule has 112 valence electrons. The summed E-state index contributed by atoms with van der Waals surface area (Å²) in [7, 11) is 5.70. The Hall–Kier alpha value is -2.37. The van der Waals surface area contributed by atoms with E-state index in [2.05, 4.69) is 10.1 Å². The van der Waals surface area contributed by atoms with Gasteiger partial charge in [-0.2, -0.15) is 5.10 Å². The molecule has 6 nitrogen and oxygen atoms in total. The predicted octanol–water partition coefficient (Wildman–Crippen LogP) is 2.03. The maximum Gasteiger partial charge on any atom is 0.358 e. The molecule has 21 heavy (non-hydrogen) atoms. The molecule has 0 N–H and O–H groups in total. The summed E-state index contributed by atoms with van der Waals surface area (Å²) in [4.78, 5) is 18.1. The van der Waals surface area contributed by atoms with Crippen molar-refractivity contribution in [1.82, 2.24) is 14.8 Å². The van der Waals surface area contributed by atoms with Crippen LogP contribution in [0.5, 0.6) is 0 Å². The third-order valence-electron chi connectivity index (χ3n) is 3.19. The zero-order valence-corrected chi connectivity index (χ0v) is 13.0. The monoisotopic (exact) mass is 288 g/mol. The molecule has 2 aromatic heterocycles. The lowest BCUT2D eigenvalue weighted by atomic mass is 10.1. The molecule has 2 aromatic rings. The van der Waals surface area contributed by atoms with E-state index in [1.165, 1.54) is 0 Å². The first-order chi connectivity index (χ1) is 9.93. The van der Waals surface area contributed by atoms with Crippen LogP contribution >= 0.6 is 0 Å². The van der Waals surface area contributed by atoms with Gasteiger partial charge in [-0.1, -0.05) is 0 Å². The first-order valence-corrected chi connectivity index (χ1v) is 6.79. The molecule has 0 aliphatic rings. The fraction of sp³-hybridized carbons (Fsp3) is 0.400. The normalized spacial score (nSPS) is 10.5. The SMILES string of the molecule is CCOC(=O)c1cc(-c2cnc(N(C)C)cc2C)n(C)n1. The Morgan fingerprint density at radius 3 is 2.67 bits per heavy atom. The molecule has 0 aliphatic carbocycles. The lowest BCUT2D eigenvalue weighted by Crippen LogP contribution is -2.11. The van der Waals surface area contributed by atoms with Crippen molar-refractivity contribution in [1.29, 1.82) is 0 Å². The minimum Gasteiger partial charge on any atom is -0.461 e. The molecule has 0 aromatic carbocycles. The Balaban J connectivity index is 2.41. The van der Waals surface area contributed by atoms with E-state index in [1.807, 2.05) is 32.0 Å². The van der Waals surface area contributed by atoms with Crippen molar-refractivity contribution >= 4 is 11.8 Å². The number of ether oxygens (including phenoxy) is 1. The van der Waals surface area contributed by atoms with Crippen molar-refractivity contribution in [2.75, 3.05) is 25.6 Å². The number of aryl methyl sites for hydroxylation is 2. The van der Waals surface area contributed by atoms with Crippen LogP contribution in [0.2, 0.25) is 0 Å². The van der Waals surface area contributed by atoms with Crippen LogP contribution in [0.1, 0.15) is 23.0 Å². The average molecular weight is 288 g/mol. The van der Waals surface area contributed by atoms with Gasteiger partial charge in [0.2, 0.25) is 0 Å². The van der Waals surface area contributed by atoms with E-state index < -0.39 is 5.97 Å². The predicted molar refractivity (Wildman–Crippen MR) is 81.5 cm³/mol. The molecule has 0 aliphatic heterocycles. The molecule has 0 radical (unpaired) electrons. The Bertz CT molecular complexity index is 662. The van der Waals surface area contributed by atoms with Crippen molar-refractivity contribution in [3.05, 3.63) is 29.6 Å².